The van der Waals surface area contributed by atoms with Crippen molar-refractivity contribution in [3.63, 3.8) is 0 Å². The third-order valence-electron chi connectivity index (χ3n) is 6.11. The van der Waals surface area contributed by atoms with Crippen LogP contribution in [0, 0.1) is 18.3 Å². The van der Waals surface area contributed by atoms with Crippen molar-refractivity contribution in [2.75, 3.05) is 18.0 Å². The SMILES string of the molecule is Cc1cncc(-c2cc3c(cn2)cnn3-c2ccc(C#N)c(N3CCCC(NC(=O)OC(C)(C)C)C3)n2)n1. The van der Waals surface area contributed by atoms with Gasteiger partial charge in [0.1, 0.15) is 23.2 Å². The monoisotopic (exact) mass is 511 g/mol. The Kier molecular flexibility index (Phi) is 6.63. The van der Waals surface area contributed by atoms with E-state index in [2.05, 4.69) is 31.4 Å². The summed E-state index contributed by atoms with van der Waals surface area (Å²) in [5, 5.41) is 18.2. The van der Waals surface area contributed by atoms with Crippen molar-refractivity contribution < 1.29 is 9.53 Å². The van der Waals surface area contributed by atoms with Crippen molar-refractivity contribution in [3.05, 3.63) is 54.2 Å². The summed E-state index contributed by atoms with van der Waals surface area (Å²) in [6.07, 6.45) is 8.07. The lowest BCUT2D eigenvalue weighted by Gasteiger charge is -2.34. The summed E-state index contributed by atoms with van der Waals surface area (Å²) in [7, 11) is 0. The van der Waals surface area contributed by atoms with Gasteiger partial charge in [-0.05, 0) is 58.7 Å². The maximum atomic E-state index is 12.3. The van der Waals surface area contributed by atoms with E-state index < -0.39 is 11.7 Å². The molecule has 1 N–H and O–H groups in total. The Hall–Kier alpha value is -4.59. The third-order valence-corrected chi connectivity index (χ3v) is 6.11. The van der Waals surface area contributed by atoms with Crippen molar-refractivity contribution >= 4 is 22.8 Å². The van der Waals surface area contributed by atoms with Crippen molar-refractivity contribution in [1.82, 2.24) is 35.0 Å². The fourth-order valence-electron chi connectivity index (χ4n) is 4.48. The molecular weight excluding hydrogens is 482 g/mol. The second-order valence-corrected chi connectivity index (χ2v) is 10.3. The number of piperidine rings is 1. The molecule has 194 valence electrons. The fraction of sp³-hybridized carbons (Fsp3) is 0.370. The Morgan fingerprint density at radius 1 is 1.16 bits per heavy atom. The van der Waals surface area contributed by atoms with Crippen molar-refractivity contribution in [2.45, 2.75) is 52.2 Å². The van der Waals surface area contributed by atoms with Gasteiger partial charge in [-0.3, -0.25) is 9.97 Å². The zero-order valence-corrected chi connectivity index (χ0v) is 21.8. The first-order valence-electron chi connectivity index (χ1n) is 12.5. The Labute approximate surface area is 220 Å². The van der Waals surface area contributed by atoms with E-state index in [1.54, 1.807) is 41.6 Å². The molecule has 5 heterocycles. The van der Waals surface area contributed by atoms with Gasteiger partial charge in [-0.2, -0.15) is 10.4 Å². The van der Waals surface area contributed by atoms with E-state index in [1.807, 2.05) is 38.7 Å². The minimum absolute atomic E-state index is 0.120. The number of carbonyl (C=O) groups excluding carboxylic acids is 1. The van der Waals surface area contributed by atoms with Gasteiger partial charge in [0.05, 0.1) is 34.9 Å². The van der Waals surface area contributed by atoms with Crippen LogP contribution < -0.4 is 10.2 Å². The normalized spacial score (nSPS) is 15.8. The first kappa shape index (κ1) is 25.1. The molecule has 38 heavy (non-hydrogen) atoms. The van der Waals surface area contributed by atoms with E-state index in [1.165, 1.54) is 0 Å². The van der Waals surface area contributed by atoms with Crippen LogP contribution in [0.3, 0.4) is 0 Å². The largest absolute Gasteiger partial charge is 0.444 e. The highest BCUT2D eigenvalue weighted by atomic mass is 16.6. The van der Waals surface area contributed by atoms with Crippen LogP contribution in [-0.4, -0.2) is 60.5 Å². The Balaban J connectivity index is 1.45. The lowest BCUT2D eigenvalue weighted by Crippen LogP contribution is -2.49. The fourth-order valence-corrected chi connectivity index (χ4v) is 4.48. The Morgan fingerprint density at radius 3 is 2.76 bits per heavy atom. The highest BCUT2D eigenvalue weighted by Crippen LogP contribution is 2.26. The zero-order valence-electron chi connectivity index (χ0n) is 21.8. The molecule has 0 spiro atoms. The molecule has 11 heteroatoms. The standard InChI is InChI=1S/C27H29N9O2/c1-17-12-29-15-22(32-17)21-10-23-19(13-30-21)14-31-36(23)24-8-7-18(11-28)25(34-24)35-9-5-6-20(16-35)33-26(37)38-27(2,3)4/h7-8,10,12-15,20H,5-6,9,16H2,1-4H3,(H,33,37). The molecule has 1 amide bonds. The van der Waals surface area contributed by atoms with Crippen LogP contribution in [0.2, 0.25) is 0 Å². The second-order valence-electron chi connectivity index (χ2n) is 10.3. The van der Waals surface area contributed by atoms with E-state index in [0.717, 1.165) is 36.0 Å². The number of fused-ring (bicyclic) bond motifs is 1. The summed E-state index contributed by atoms with van der Waals surface area (Å²) in [5.41, 5.74) is 2.85. The number of aromatic nitrogens is 6. The molecule has 1 saturated heterocycles. The number of alkyl carbamates (subject to hydrolysis) is 1. The number of anilines is 1. The minimum atomic E-state index is -0.573. The summed E-state index contributed by atoms with van der Waals surface area (Å²) in [6, 6.07) is 7.58. The number of hydrogen-bond donors (Lipinski definition) is 1. The molecule has 0 aliphatic carbocycles. The molecule has 1 fully saturated rings. The van der Waals surface area contributed by atoms with Crippen LogP contribution in [-0.2, 0) is 4.74 Å². The van der Waals surface area contributed by atoms with Gasteiger partial charge in [-0.25, -0.2) is 19.4 Å². The maximum Gasteiger partial charge on any atom is 0.407 e. The van der Waals surface area contributed by atoms with Crippen molar-refractivity contribution in [3.8, 4) is 23.3 Å². The quantitative estimate of drug-likeness (QED) is 0.432. The molecule has 0 saturated carbocycles. The molecule has 4 aromatic rings. The minimum Gasteiger partial charge on any atom is -0.444 e. The topological polar surface area (TPSA) is 135 Å². The van der Waals surface area contributed by atoms with Crippen molar-refractivity contribution in [1.29, 1.82) is 5.26 Å². The number of carbonyl (C=O) groups is 1. The van der Waals surface area contributed by atoms with E-state index >= 15 is 0 Å². The number of hydrogen-bond acceptors (Lipinski definition) is 9. The predicted molar refractivity (Wildman–Crippen MR) is 142 cm³/mol. The highest BCUT2D eigenvalue weighted by molar-refractivity contribution is 5.82. The average Bonchev–Trinajstić information content (AvgIpc) is 3.30. The molecule has 0 bridgehead atoms. The van der Waals surface area contributed by atoms with Gasteiger partial charge in [-0.1, -0.05) is 0 Å². The predicted octanol–water partition coefficient (Wildman–Crippen LogP) is 3.95. The molecular formula is C27H29N9O2. The van der Waals surface area contributed by atoms with Gasteiger partial charge in [0, 0.05) is 36.9 Å². The zero-order chi connectivity index (χ0) is 26.9. The number of nitrogens with zero attached hydrogens (tertiary/aromatic N) is 8. The molecule has 1 aliphatic rings. The van der Waals surface area contributed by atoms with E-state index in [-0.39, 0.29) is 6.04 Å². The summed E-state index contributed by atoms with van der Waals surface area (Å²) >= 11 is 0. The first-order chi connectivity index (χ1) is 18.2. The number of ether oxygens (including phenoxy) is 1. The van der Waals surface area contributed by atoms with Crippen LogP contribution in [0.25, 0.3) is 28.1 Å². The number of aryl methyl sites for hydroxylation is 1. The van der Waals surface area contributed by atoms with E-state index in [0.29, 0.717) is 35.1 Å². The van der Waals surface area contributed by atoms with Gasteiger partial charge in [0.15, 0.2) is 5.82 Å². The molecule has 11 nitrogen and oxygen atoms in total. The van der Waals surface area contributed by atoms with Crippen LogP contribution in [0.4, 0.5) is 10.6 Å². The van der Waals surface area contributed by atoms with Gasteiger partial charge in [0.2, 0.25) is 0 Å². The number of rotatable bonds is 4. The van der Waals surface area contributed by atoms with Gasteiger partial charge in [0.25, 0.3) is 0 Å². The summed E-state index contributed by atoms with van der Waals surface area (Å²) < 4.78 is 7.15. The maximum absolute atomic E-state index is 12.3. The molecule has 0 aromatic carbocycles. The van der Waals surface area contributed by atoms with Crippen LogP contribution >= 0.6 is 0 Å². The molecule has 5 rings (SSSR count). The molecule has 1 aliphatic heterocycles. The van der Waals surface area contributed by atoms with Gasteiger partial charge < -0.3 is 15.0 Å². The number of nitriles is 1. The molecule has 4 aromatic heterocycles. The summed E-state index contributed by atoms with van der Waals surface area (Å²) in [5.74, 6) is 1.13. The van der Waals surface area contributed by atoms with E-state index in [9.17, 15) is 10.1 Å². The molecule has 0 radical (unpaired) electrons. The number of pyridine rings is 2. The van der Waals surface area contributed by atoms with E-state index in [4.69, 9.17) is 9.72 Å². The average molecular weight is 512 g/mol. The van der Waals surface area contributed by atoms with Crippen LogP contribution in [0.1, 0.15) is 44.9 Å². The summed E-state index contributed by atoms with van der Waals surface area (Å²) in [6.45, 7) is 8.62. The van der Waals surface area contributed by atoms with Crippen LogP contribution in [0.15, 0.2) is 43.0 Å². The third kappa shape index (κ3) is 5.39. The highest BCUT2D eigenvalue weighted by Gasteiger charge is 2.26. The van der Waals surface area contributed by atoms with Crippen LogP contribution in [0.5, 0.6) is 0 Å². The van der Waals surface area contributed by atoms with Gasteiger partial charge in [-0.15, -0.1) is 0 Å². The Morgan fingerprint density at radius 2 is 2.00 bits per heavy atom. The lowest BCUT2D eigenvalue weighted by atomic mass is 10.1. The van der Waals surface area contributed by atoms with Crippen molar-refractivity contribution in [2.24, 2.45) is 0 Å². The first-order valence-corrected chi connectivity index (χ1v) is 12.5. The smallest absolute Gasteiger partial charge is 0.407 e. The lowest BCUT2D eigenvalue weighted by molar-refractivity contribution is 0.0500. The summed E-state index contributed by atoms with van der Waals surface area (Å²) in [4.78, 5) is 32.5. The second kappa shape index (κ2) is 10.0. The molecule has 1 atom stereocenters. The number of amides is 1. The number of nitrogens with one attached hydrogen (secondary N) is 1. The van der Waals surface area contributed by atoms with Gasteiger partial charge >= 0.3 is 6.09 Å². The Bertz CT molecular complexity index is 1530. The molecule has 1 unspecified atom stereocenters.